The van der Waals surface area contributed by atoms with Crippen LogP contribution in [0, 0.1) is 41.5 Å². The molecular formula is C108H78N6Se6. The zero-order valence-electron chi connectivity index (χ0n) is 66.8. The Kier molecular flexibility index (Phi) is 23.0. The molecule has 0 fully saturated rings. The van der Waals surface area contributed by atoms with Gasteiger partial charge in [-0.05, 0) is 0 Å². The molecule has 0 amide bonds. The van der Waals surface area contributed by atoms with Crippen molar-refractivity contribution in [3.8, 4) is 66.8 Å². The van der Waals surface area contributed by atoms with Crippen molar-refractivity contribution >= 4 is 204 Å². The second kappa shape index (κ2) is 35.2. The van der Waals surface area contributed by atoms with Crippen LogP contribution in [0.3, 0.4) is 0 Å². The molecule has 0 bridgehead atoms. The van der Waals surface area contributed by atoms with Gasteiger partial charge in [0.25, 0.3) is 0 Å². The van der Waals surface area contributed by atoms with Crippen LogP contribution in [0.1, 0.15) is 33.4 Å². The second-order valence-electron chi connectivity index (χ2n) is 30.0. The third-order valence-electron chi connectivity index (χ3n) is 21.9. The van der Waals surface area contributed by atoms with Gasteiger partial charge in [-0.2, -0.15) is 0 Å². The molecule has 0 aliphatic rings. The molecule has 0 saturated carbocycles. The molecule has 0 N–H and O–H groups in total. The molecule has 0 unspecified atom stereocenters. The number of aryl methyl sites for hydroxylation is 6. The Labute approximate surface area is 732 Å². The summed E-state index contributed by atoms with van der Waals surface area (Å²) in [7, 11) is 0. The molecule has 120 heavy (non-hydrogen) atoms. The number of rotatable bonds is 6. The first-order valence-corrected chi connectivity index (χ1v) is 50.2. The Morgan fingerprint density at radius 3 is 0.875 bits per heavy atom. The monoisotopic (exact) mass is 1940 g/mol. The van der Waals surface area contributed by atoms with E-state index in [0.29, 0.717) is 87.0 Å². The van der Waals surface area contributed by atoms with E-state index in [1.165, 1.54) is 217 Å². The first-order valence-electron chi connectivity index (χ1n) is 40.0. The molecule has 0 aliphatic heterocycles. The van der Waals surface area contributed by atoms with Crippen molar-refractivity contribution in [3.63, 3.8) is 0 Å². The van der Waals surface area contributed by atoms with E-state index in [4.69, 9.17) is 0 Å². The number of fused-ring (bicyclic) bond motifs is 18. The van der Waals surface area contributed by atoms with E-state index in [1.807, 2.05) is 73.6 Å². The van der Waals surface area contributed by atoms with Crippen molar-refractivity contribution < 1.29 is 0 Å². The summed E-state index contributed by atoms with van der Waals surface area (Å²) < 4.78 is 16.3. The molecular weight excluding hydrogens is 1850 g/mol. The first kappa shape index (κ1) is 78.5. The van der Waals surface area contributed by atoms with Gasteiger partial charge in [-0.15, -0.1) is 0 Å². The zero-order chi connectivity index (χ0) is 81.2. The molecule has 12 aromatic carbocycles. The van der Waals surface area contributed by atoms with Crippen LogP contribution >= 0.6 is 0 Å². The third kappa shape index (κ3) is 16.4. The van der Waals surface area contributed by atoms with Crippen LogP contribution in [0.25, 0.3) is 183 Å². The standard InChI is InChI=1S/6C18H13NSe/c1-12-5-2-6-13(11-12)14-7-3-8-15-16-9-4-10-19-18(16)20-17(14)15;1-12-7-9-13(10-8-12)14-4-2-5-15-16-6-3-11-19-18(16)20-17(14)15;1-12-4-2-5-13(10-12)14-7-8-17-16(11-14)15-6-3-9-19-18(15)20-17;1-12-4-6-13(7-5-12)14-8-9-17-16(11-14)15-3-2-10-19-18(15)20-17;1-12-6-2-3-7-13(12)14-8-4-9-15-16-10-5-11-19-18(16)20-17(14)15;1-12-5-2-3-6-14(12)13-8-9-17-16(11-13)15-7-4-10-19-18(15)20-17/h6*2-11H,1H3. The molecule has 6 nitrogen and oxygen atoms in total. The van der Waals surface area contributed by atoms with E-state index in [0.717, 1.165) is 0 Å². The van der Waals surface area contributed by atoms with Crippen LogP contribution in [0.5, 0.6) is 0 Å². The van der Waals surface area contributed by atoms with Crippen LogP contribution in [-0.2, 0) is 0 Å². The van der Waals surface area contributed by atoms with Gasteiger partial charge in [-0.3, -0.25) is 0 Å². The minimum absolute atomic E-state index is 0.310. The molecule has 576 valence electrons. The zero-order valence-corrected chi connectivity index (χ0v) is 77.1. The molecule has 12 heterocycles. The van der Waals surface area contributed by atoms with Crippen molar-refractivity contribution in [3.05, 3.63) is 398 Å². The van der Waals surface area contributed by atoms with E-state index in [9.17, 15) is 0 Å². The van der Waals surface area contributed by atoms with Crippen molar-refractivity contribution in [1.82, 2.24) is 29.9 Å². The summed E-state index contributed by atoms with van der Waals surface area (Å²) in [6.45, 7) is 12.9. The summed E-state index contributed by atoms with van der Waals surface area (Å²) in [4.78, 5) is 27.2. The molecule has 0 radical (unpaired) electrons. The Morgan fingerprint density at radius 1 is 0.167 bits per heavy atom. The predicted octanol–water partition coefficient (Wildman–Crippen LogP) is 26.5. The van der Waals surface area contributed by atoms with Crippen LogP contribution < -0.4 is 0 Å². The van der Waals surface area contributed by atoms with Crippen molar-refractivity contribution in [1.29, 1.82) is 0 Å². The fourth-order valence-electron chi connectivity index (χ4n) is 15.8. The number of benzene rings is 12. The molecule has 0 saturated heterocycles. The maximum atomic E-state index is 4.56. The maximum absolute atomic E-state index is 4.56. The number of pyridine rings is 6. The van der Waals surface area contributed by atoms with Gasteiger partial charge < -0.3 is 0 Å². The Hall–Kier alpha value is -11.3. The molecule has 24 aromatic rings. The summed E-state index contributed by atoms with van der Waals surface area (Å²) >= 11 is 2.01. The number of aromatic nitrogens is 6. The quantitative estimate of drug-likeness (QED) is 0.154. The first-order chi connectivity index (χ1) is 58.9. The number of hydrogen-bond donors (Lipinski definition) is 0. The molecule has 24 rings (SSSR count). The van der Waals surface area contributed by atoms with Crippen molar-refractivity contribution in [2.75, 3.05) is 0 Å². The molecule has 12 heteroatoms. The Bertz CT molecular complexity index is 7870. The van der Waals surface area contributed by atoms with Crippen molar-refractivity contribution in [2.45, 2.75) is 41.5 Å². The number of hydrogen-bond acceptors (Lipinski definition) is 6. The fraction of sp³-hybridized carbons (Fsp3) is 0.0556. The van der Waals surface area contributed by atoms with Gasteiger partial charge in [0.2, 0.25) is 0 Å². The van der Waals surface area contributed by atoms with E-state index in [1.54, 1.807) is 0 Å². The van der Waals surface area contributed by atoms with Crippen molar-refractivity contribution in [2.24, 2.45) is 0 Å². The van der Waals surface area contributed by atoms with Crippen LogP contribution in [-0.4, -0.2) is 117 Å². The van der Waals surface area contributed by atoms with Crippen LogP contribution in [0.15, 0.2) is 365 Å². The van der Waals surface area contributed by atoms with E-state index in [-0.39, 0.29) is 0 Å². The third-order valence-corrected chi connectivity index (χ3v) is 36.1. The van der Waals surface area contributed by atoms with Gasteiger partial charge in [0.1, 0.15) is 0 Å². The van der Waals surface area contributed by atoms with Gasteiger partial charge in [0.15, 0.2) is 0 Å². The summed E-state index contributed by atoms with van der Waals surface area (Å²) in [6.07, 6.45) is 11.4. The average Bonchev–Trinajstić information content (AvgIpc) is 1.66. The second-order valence-corrected chi connectivity index (χ2v) is 42.8. The molecule has 0 aliphatic carbocycles. The van der Waals surface area contributed by atoms with Gasteiger partial charge >= 0.3 is 740 Å². The van der Waals surface area contributed by atoms with Crippen LogP contribution in [0.4, 0.5) is 0 Å². The minimum atomic E-state index is 0.310. The average molecular weight is 1930 g/mol. The van der Waals surface area contributed by atoms with Crippen LogP contribution in [0.2, 0.25) is 0 Å². The normalized spacial score (nSPS) is 11.2. The predicted molar refractivity (Wildman–Crippen MR) is 518 cm³/mol. The summed E-state index contributed by atoms with van der Waals surface area (Å²) in [5.41, 5.74) is 23.7. The topological polar surface area (TPSA) is 77.3 Å². The summed E-state index contributed by atoms with van der Waals surface area (Å²) in [5.74, 6) is 0. The van der Waals surface area contributed by atoms with E-state index >= 15 is 0 Å². The van der Waals surface area contributed by atoms with Gasteiger partial charge in [-0.1, -0.05) is 0 Å². The van der Waals surface area contributed by atoms with E-state index < -0.39 is 0 Å². The Balaban J connectivity index is 0.0000000952. The molecule has 12 aromatic heterocycles. The van der Waals surface area contributed by atoms with Gasteiger partial charge in [0.05, 0.1) is 0 Å². The van der Waals surface area contributed by atoms with Gasteiger partial charge in [-0.25, -0.2) is 0 Å². The van der Waals surface area contributed by atoms with Gasteiger partial charge in [0, 0.05) is 0 Å². The van der Waals surface area contributed by atoms with E-state index in [2.05, 4.69) is 363 Å². The molecule has 0 spiro atoms. The summed E-state index contributed by atoms with van der Waals surface area (Å²) in [6, 6.07) is 118. The SMILES string of the molecule is Cc1ccc(-c2ccc3[se]c4ncccc4c3c2)cc1.Cc1ccc(-c2cccc3c2[se]c2ncccc23)cc1.Cc1cccc(-c2ccc3[se]c4ncccc4c3c2)c1.Cc1cccc(-c2cccc3c2[se]c2ncccc23)c1.Cc1ccccc1-c1ccc2[se]c3ncccc3c2c1.Cc1ccccc1-c1cccc2c1[se]c1ncccc12. The fourth-order valence-corrected chi connectivity index (χ4v) is 29.7. The number of nitrogens with zero attached hydrogens (tertiary/aromatic N) is 6. The Morgan fingerprint density at radius 2 is 0.450 bits per heavy atom. The summed E-state index contributed by atoms with van der Waals surface area (Å²) in [5, 5.41) is 16.1. The molecule has 0 atom stereocenters.